The van der Waals surface area contributed by atoms with Gasteiger partial charge in [-0.25, -0.2) is 0 Å². The van der Waals surface area contributed by atoms with E-state index in [4.69, 9.17) is 14.5 Å². The van der Waals surface area contributed by atoms with Crippen molar-refractivity contribution < 1.29 is 24.0 Å². The molecule has 0 spiro atoms. The monoisotopic (exact) mass is 346 g/mol. The molecule has 0 amide bonds. The third-order valence-electron chi connectivity index (χ3n) is 3.60. The molecule has 0 aromatic carbocycles. The molecule has 144 valence electrons. The fourth-order valence-electron chi connectivity index (χ4n) is 2.18. The van der Waals surface area contributed by atoms with Crippen LogP contribution >= 0.6 is 0 Å². The number of unbranched alkanes of at least 4 members (excludes halogenated alkanes) is 9. The van der Waals surface area contributed by atoms with Gasteiger partial charge in [0.05, 0.1) is 27.7 Å². The van der Waals surface area contributed by atoms with E-state index in [9.17, 15) is 0 Å². The Bertz CT molecular complexity index is 277. The maximum Gasteiger partial charge on any atom is 0.185 e. The molecular weight excluding hydrogens is 306 g/mol. The molecule has 5 heteroatoms. The Morgan fingerprint density at radius 1 is 0.708 bits per heavy atom. The molecule has 0 unspecified atom stereocenters. The molecule has 0 fully saturated rings. The van der Waals surface area contributed by atoms with E-state index in [1.165, 1.54) is 64.0 Å². The van der Waals surface area contributed by atoms with Crippen molar-refractivity contribution in [3.63, 3.8) is 0 Å². The van der Waals surface area contributed by atoms with E-state index in [1.807, 2.05) is 27.3 Å². The average molecular weight is 347 g/mol. The molecule has 0 rings (SSSR count). The predicted octanol–water partition coefficient (Wildman–Crippen LogP) is 4.98. The lowest BCUT2D eigenvalue weighted by molar-refractivity contribution is -0.818. The molecule has 0 aromatic rings. The van der Waals surface area contributed by atoms with Crippen LogP contribution in [0, 0.1) is 0 Å². The number of quaternary nitrogens is 1. The Hall–Kier alpha value is -0.620. The minimum Gasteiger partial charge on any atom is -0.379 e. The third-order valence-corrected chi connectivity index (χ3v) is 3.60. The van der Waals surface area contributed by atoms with Crippen LogP contribution in [0.5, 0.6) is 0 Å². The highest BCUT2D eigenvalue weighted by Gasteiger charge is 1.99. The van der Waals surface area contributed by atoms with Crippen molar-refractivity contribution >= 4 is 0 Å². The van der Waals surface area contributed by atoms with Gasteiger partial charge in [-0.3, -0.25) is 0 Å². The largest absolute Gasteiger partial charge is 0.379 e. The summed E-state index contributed by atoms with van der Waals surface area (Å²) in [6.45, 7) is 3.96. The Morgan fingerprint density at radius 3 is 1.88 bits per heavy atom. The highest BCUT2D eigenvalue weighted by molar-refractivity contribution is 4.57. The van der Waals surface area contributed by atoms with Crippen molar-refractivity contribution in [3.05, 3.63) is 12.5 Å². The topological polar surface area (TPSA) is 36.9 Å². The molecule has 0 bridgehead atoms. The lowest BCUT2D eigenvalue weighted by Crippen LogP contribution is -2.26. The van der Waals surface area contributed by atoms with E-state index in [1.54, 1.807) is 0 Å². The number of hydrogen-bond donors (Lipinski definition) is 0. The SMILES string of the molecule is CCCCCCCCCCCCOCCOOO/C=C/[N+](C)(C)C. The fourth-order valence-corrected chi connectivity index (χ4v) is 2.18. The van der Waals surface area contributed by atoms with Crippen LogP contribution in [0.4, 0.5) is 0 Å². The van der Waals surface area contributed by atoms with E-state index < -0.39 is 0 Å². The van der Waals surface area contributed by atoms with Crippen LogP contribution in [0.2, 0.25) is 0 Å². The van der Waals surface area contributed by atoms with Crippen LogP contribution in [-0.4, -0.2) is 45.4 Å². The maximum atomic E-state index is 5.48. The van der Waals surface area contributed by atoms with Gasteiger partial charge in [0.15, 0.2) is 6.26 Å². The summed E-state index contributed by atoms with van der Waals surface area (Å²) in [6.07, 6.45) is 16.7. The van der Waals surface area contributed by atoms with Gasteiger partial charge in [-0.1, -0.05) is 64.7 Å². The molecule has 0 aliphatic carbocycles. The molecule has 5 nitrogen and oxygen atoms in total. The molecular formula is C19H40NO4+. The number of hydrogen-bond acceptors (Lipinski definition) is 4. The van der Waals surface area contributed by atoms with Gasteiger partial charge in [-0.05, 0) is 11.5 Å². The summed E-state index contributed by atoms with van der Waals surface area (Å²) < 4.78 is 6.14. The summed E-state index contributed by atoms with van der Waals surface area (Å²) in [6, 6.07) is 0. The zero-order valence-corrected chi connectivity index (χ0v) is 16.4. The molecule has 0 N–H and O–H groups in total. The summed E-state index contributed by atoms with van der Waals surface area (Å²) in [5.74, 6) is 0. The molecule has 0 aliphatic rings. The van der Waals surface area contributed by atoms with Crippen LogP contribution in [0.3, 0.4) is 0 Å². The first-order valence-electron chi connectivity index (χ1n) is 9.58. The van der Waals surface area contributed by atoms with Crippen LogP contribution in [0.15, 0.2) is 12.5 Å². The maximum absolute atomic E-state index is 5.48. The van der Waals surface area contributed by atoms with Gasteiger partial charge in [0, 0.05) is 6.61 Å². The van der Waals surface area contributed by atoms with Crippen molar-refractivity contribution in [1.29, 1.82) is 0 Å². The van der Waals surface area contributed by atoms with Gasteiger partial charge in [0.1, 0.15) is 12.8 Å². The molecule has 0 atom stereocenters. The quantitative estimate of drug-likeness (QED) is 0.115. The Morgan fingerprint density at radius 2 is 1.29 bits per heavy atom. The van der Waals surface area contributed by atoms with Crippen molar-refractivity contribution in [2.45, 2.75) is 71.1 Å². The molecule has 0 saturated heterocycles. The highest BCUT2D eigenvalue weighted by atomic mass is 17.5. The molecule has 0 aromatic heterocycles. The first kappa shape index (κ1) is 23.4. The van der Waals surface area contributed by atoms with E-state index >= 15 is 0 Å². The van der Waals surface area contributed by atoms with Crippen molar-refractivity contribution in [1.82, 2.24) is 0 Å². The van der Waals surface area contributed by atoms with Crippen molar-refractivity contribution in [2.24, 2.45) is 0 Å². The zero-order valence-electron chi connectivity index (χ0n) is 16.4. The van der Waals surface area contributed by atoms with Gasteiger partial charge >= 0.3 is 0 Å². The third kappa shape index (κ3) is 21.4. The minimum atomic E-state index is 0.371. The van der Waals surface area contributed by atoms with E-state index in [0.29, 0.717) is 17.7 Å². The average Bonchev–Trinajstić information content (AvgIpc) is 2.52. The summed E-state index contributed by atoms with van der Waals surface area (Å²) >= 11 is 0. The van der Waals surface area contributed by atoms with E-state index in [2.05, 4.69) is 12.0 Å². The van der Waals surface area contributed by atoms with Crippen LogP contribution in [-0.2, 0) is 19.6 Å². The molecule has 0 saturated carbocycles. The second kappa shape index (κ2) is 17.2. The second-order valence-corrected chi connectivity index (χ2v) is 7.18. The predicted molar refractivity (Wildman–Crippen MR) is 98.0 cm³/mol. The summed E-state index contributed by atoms with van der Waals surface area (Å²) in [4.78, 5) is 9.59. The molecule has 0 radical (unpaired) electrons. The lowest BCUT2D eigenvalue weighted by atomic mass is 10.1. The summed E-state index contributed by atoms with van der Waals surface area (Å²) in [5.41, 5.74) is 0. The Balaban J connectivity index is 3.07. The minimum absolute atomic E-state index is 0.371. The first-order valence-corrected chi connectivity index (χ1v) is 9.58. The van der Waals surface area contributed by atoms with Gasteiger partial charge in [0.25, 0.3) is 0 Å². The molecule has 0 aliphatic heterocycles. The number of rotatable bonds is 18. The van der Waals surface area contributed by atoms with Gasteiger partial charge in [0.2, 0.25) is 0 Å². The second-order valence-electron chi connectivity index (χ2n) is 7.18. The summed E-state index contributed by atoms with van der Waals surface area (Å²) in [5, 5.41) is 4.56. The van der Waals surface area contributed by atoms with Crippen LogP contribution < -0.4 is 0 Å². The number of nitrogens with zero attached hydrogens (tertiary/aromatic N) is 1. The van der Waals surface area contributed by atoms with Crippen LogP contribution in [0.1, 0.15) is 71.1 Å². The van der Waals surface area contributed by atoms with Crippen molar-refractivity contribution in [3.8, 4) is 0 Å². The van der Waals surface area contributed by atoms with Crippen molar-refractivity contribution in [2.75, 3.05) is 41.0 Å². The molecule has 24 heavy (non-hydrogen) atoms. The standard InChI is InChI=1S/C19H40NO4/c1-5-6-7-8-9-10-11-12-13-14-16-21-18-19-23-24-22-17-15-20(2,3)4/h15,17H,5-14,16,18-19H2,1-4H3/q+1/b17-15+. The zero-order chi connectivity index (χ0) is 17.9. The first-order chi connectivity index (χ1) is 11.6. The Kier molecular flexibility index (Phi) is 16.8. The fraction of sp³-hybridized carbons (Fsp3) is 0.895. The summed E-state index contributed by atoms with van der Waals surface area (Å²) in [7, 11) is 6.05. The molecule has 0 heterocycles. The van der Waals surface area contributed by atoms with Gasteiger partial charge in [-0.2, -0.15) is 4.89 Å². The normalized spacial score (nSPS) is 12.2. The Labute approximate surface area is 149 Å². The van der Waals surface area contributed by atoms with E-state index in [0.717, 1.165) is 13.0 Å². The van der Waals surface area contributed by atoms with Gasteiger partial charge < -0.3 is 14.1 Å². The number of ether oxygens (including phenoxy) is 1. The smallest absolute Gasteiger partial charge is 0.185 e. The highest BCUT2D eigenvalue weighted by Crippen LogP contribution is 2.10. The lowest BCUT2D eigenvalue weighted by Gasteiger charge is -2.16. The van der Waals surface area contributed by atoms with Crippen LogP contribution in [0.25, 0.3) is 0 Å². The van der Waals surface area contributed by atoms with Gasteiger partial charge in [-0.15, -0.1) is 0 Å². The van der Waals surface area contributed by atoms with E-state index in [-0.39, 0.29) is 0 Å².